The lowest BCUT2D eigenvalue weighted by atomic mass is 10.1. The molecule has 27 heavy (non-hydrogen) atoms. The van der Waals surface area contributed by atoms with Crippen LogP contribution in [0.5, 0.6) is 0 Å². The highest BCUT2D eigenvalue weighted by atomic mass is 16.2. The van der Waals surface area contributed by atoms with E-state index in [2.05, 4.69) is 50.0 Å². The number of amides is 1. The minimum absolute atomic E-state index is 0.308. The lowest BCUT2D eigenvalue weighted by Crippen LogP contribution is -2.39. The second-order valence-electron chi connectivity index (χ2n) is 7.72. The number of benzene rings is 1. The zero-order valence-corrected chi connectivity index (χ0v) is 15.5. The number of hydrogen-bond acceptors (Lipinski definition) is 3. The molecule has 1 N–H and O–H groups in total. The summed E-state index contributed by atoms with van der Waals surface area (Å²) < 4.78 is 2.17. The van der Waals surface area contributed by atoms with E-state index in [0.717, 1.165) is 45.6 Å². The Morgan fingerprint density at radius 3 is 3.07 bits per heavy atom. The molecule has 2 aliphatic rings. The Bertz CT molecular complexity index is 958. The molecule has 1 aromatic carbocycles. The van der Waals surface area contributed by atoms with Crippen LogP contribution in [0.25, 0.3) is 10.9 Å². The summed E-state index contributed by atoms with van der Waals surface area (Å²) >= 11 is 0. The van der Waals surface area contributed by atoms with E-state index >= 15 is 0 Å². The molecule has 4 heterocycles. The topological polar surface area (TPSA) is 57.2 Å². The van der Waals surface area contributed by atoms with Crippen molar-refractivity contribution in [2.75, 3.05) is 19.6 Å². The Labute approximate surface area is 158 Å². The Morgan fingerprint density at radius 1 is 1.22 bits per heavy atom. The van der Waals surface area contributed by atoms with Crippen LogP contribution in [-0.4, -0.2) is 50.1 Å². The van der Waals surface area contributed by atoms with Gasteiger partial charge in [0.2, 0.25) is 5.91 Å². The third-order valence-electron chi connectivity index (χ3n) is 5.94. The number of H-pyrrole nitrogens is 1. The lowest BCUT2D eigenvalue weighted by molar-refractivity contribution is -0.127. The van der Waals surface area contributed by atoms with Gasteiger partial charge < -0.3 is 9.88 Å². The summed E-state index contributed by atoms with van der Waals surface area (Å²) in [6.45, 7) is 4.57. The maximum atomic E-state index is 11.9. The van der Waals surface area contributed by atoms with E-state index < -0.39 is 0 Å². The molecule has 0 saturated carbocycles. The Morgan fingerprint density at radius 2 is 2.19 bits per heavy atom. The van der Waals surface area contributed by atoms with Crippen LogP contribution in [0.15, 0.2) is 42.7 Å². The van der Waals surface area contributed by atoms with E-state index in [-0.39, 0.29) is 0 Å². The van der Waals surface area contributed by atoms with Gasteiger partial charge in [0.25, 0.3) is 0 Å². The molecular formula is C21H25N5O. The van der Waals surface area contributed by atoms with Crippen molar-refractivity contribution >= 4 is 16.8 Å². The lowest BCUT2D eigenvalue weighted by Gasteiger charge is -2.34. The molecule has 1 amide bonds. The zero-order valence-electron chi connectivity index (χ0n) is 15.5. The summed E-state index contributed by atoms with van der Waals surface area (Å²) in [5.74, 6) is 0.308. The van der Waals surface area contributed by atoms with E-state index in [0.29, 0.717) is 18.4 Å². The summed E-state index contributed by atoms with van der Waals surface area (Å²) in [7, 11) is 0. The largest absolute Gasteiger partial charge is 0.361 e. The molecule has 2 aliphatic heterocycles. The van der Waals surface area contributed by atoms with Crippen LogP contribution in [-0.2, 0) is 17.9 Å². The molecule has 1 atom stereocenters. The number of likely N-dealkylation sites (tertiary alicyclic amines) is 1. The van der Waals surface area contributed by atoms with Gasteiger partial charge in [-0.2, -0.15) is 5.10 Å². The number of fused-ring (bicyclic) bond motifs is 2. The van der Waals surface area contributed by atoms with Crippen LogP contribution >= 0.6 is 0 Å². The van der Waals surface area contributed by atoms with Crippen molar-refractivity contribution in [2.45, 2.75) is 38.4 Å². The van der Waals surface area contributed by atoms with Crippen LogP contribution in [0.1, 0.15) is 36.6 Å². The number of nitrogens with zero attached hydrogens (tertiary/aromatic N) is 4. The monoisotopic (exact) mass is 363 g/mol. The predicted octanol–water partition coefficient (Wildman–Crippen LogP) is 2.93. The second kappa shape index (κ2) is 6.85. The van der Waals surface area contributed by atoms with Gasteiger partial charge in [0.15, 0.2) is 0 Å². The molecule has 0 aliphatic carbocycles. The van der Waals surface area contributed by atoms with Crippen LogP contribution in [0.2, 0.25) is 0 Å². The van der Waals surface area contributed by atoms with Crippen molar-refractivity contribution in [3.63, 3.8) is 0 Å². The first kappa shape index (κ1) is 16.6. The molecule has 0 radical (unpaired) electrons. The average molecular weight is 363 g/mol. The number of aromatic nitrogens is 3. The fourth-order valence-corrected chi connectivity index (χ4v) is 4.57. The Hall–Kier alpha value is -2.60. The summed E-state index contributed by atoms with van der Waals surface area (Å²) in [4.78, 5) is 19.8. The summed E-state index contributed by atoms with van der Waals surface area (Å²) in [6.07, 6.45) is 6.59. The number of aromatic amines is 1. The summed E-state index contributed by atoms with van der Waals surface area (Å²) in [5.41, 5.74) is 3.81. The number of nitrogens with one attached hydrogen (secondary N) is 1. The third kappa shape index (κ3) is 3.14. The molecule has 0 bridgehead atoms. The van der Waals surface area contributed by atoms with E-state index in [1.807, 2.05) is 17.3 Å². The van der Waals surface area contributed by atoms with E-state index in [1.165, 1.54) is 22.2 Å². The quantitative estimate of drug-likeness (QED) is 0.758. The maximum Gasteiger partial charge on any atom is 0.222 e. The van der Waals surface area contributed by atoms with Gasteiger partial charge in [-0.25, -0.2) is 0 Å². The smallest absolute Gasteiger partial charge is 0.222 e. The zero-order chi connectivity index (χ0) is 18.2. The highest BCUT2D eigenvalue weighted by Gasteiger charge is 2.28. The van der Waals surface area contributed by atoms with E-state index in [9.17, 15) is 4.79 Å². The molecule has 0 spiro atoms. The standard InChI is InChI=1S/C21H25N5O/c27-21-5-2-11-25(21)12-8-18-15-24(14-17-6-10-23-26(17)18)13-16-3-1-4-20-19(16)7-9-22-20/h1,3-4,6-7,9-10,18,22H,2,5,8,11-15H2/t18-/m1/s1. The van der Waals surface area contributed by atoms with Crippen LogP contribution < -0.4 is 0 Å². The van der Waals surface area contributed by atoms with Crippen molar-refractivity contribution in [2.24, 2.45) is 0 Å². The Balaban J connectivity index is 1.33. The third-order valence-corrected chi connectivity index (χ3v) is 5.94. The van der Waals surface area contributed by atoms with Gasteiger partial charge in [-0.1, -0.05) is 12.1 Å². The summed E-state index contributed by atoms with van der Waals surface area (Å²) in [6, 6.07) is 11.1. The van der Waals surface area contributed by atoms with Crippen molar-refractivity contribution in [1.82, 2.24) is 24.6 Å². The predicted molar refractivity (Wildman–Crippen MR) is 104 cm³/mol. The van der Waals surface area contributed by atoms with Crippen molar-refractivity contribution in [3.8, 4) is 0 Å². The molecule has 1 fully saturated rings. The molecular weight excluding hydrogens is 338 g/mol. The average Bonchev–Trinajstić information content (AvgIpc) is 3.40. The highest BCUT2D eigenvalue weighted by Crippen LogP contribution is 2.27. The van der Waals surface area contributed by atoms with E-state index in [4.69, 9.17) is 0 Å². The van der Waals surface area contributed by atoms with Crippen LogP contribution in [0.3, 0.4) is 0 Å². The van der Waals surface area contributed by atoms with Crippen molar-refractivity contribution in [3.05, 3.63) is 54.0 Å². The number of hydrogen-bond donors (Lipinski definition) is 1. The van der Waals surface area contributed by atoms with Gasteiger partial charge >= 0.3 is 0 Å². The normalized spacial score (nSPS) is 20.5. The van der Waals surface area contributed by atoms with Gasteiger partial charge in [-0.3, -0.25) is 14.4 Å². The van der Waals surface area contributed by atoms with Crippen LogP contribution in [0, 0.1) is 0 Å². The molecule has 5 rings (SSSR count). The molecule has 1 saturated heterocycles. The van der Waals surface area contributed by atoms with Gasteiger partial charge in [0.1, 0.15) is 0 Å². The molecule has 3 aromatic rings. The molecule has 0 unspecified atom stereocenters. The minimum Gasteiger partial charge on any atom is -0.361 e. The van der Waals surface area contributed by atoms with Crippen molar-refractivity contribution in [1.29, 1.82) is 0 Å². The molecule has 6 nitrogen and oxygen atoms in total. The van der Waals surface area contributed by atoms with Gasteiger partial charge in [0, 0.05) is 62.4 Å². The van der Waals surface area contributed by atoms with E-state index in [1.54, 1.807) is 0 Å². The van der Waals surface area contributed by atoms with Crippen LogP contribution in [0.4, 0.5) is 0 Å². The molecule has 6 heteroatoms. The highest BCUT2D eigenvalue weighted by molar-refractivity contribution is 5.82. The minimum atomic E-state index is 0.308. The van der Waals surface area contributed by atoms with Gasteiger partial charge in [-0.05, 0) is 36.6 Å². The second-order valence-corrected chi connectivity index (χ2v) is 7.72. The number of rotatable bonds is 5. The van der Waals surface area contributed by atoms with Gasteiger partial charge in [0.05, 0.1) is 11.7 Å². The number of carbonyl (C=O) groups is 1. The van der Waals surface area contributed by atoms with Gasteiger partial charge in [-0.15, -0.1) is 0 Å². The fraction of sp³-hybridized carbons (Fsp3) is 0.429. The maximum absolute atomic E-state index is 11.9. The first-order chi connectivity index (χ1) is 13.3. The SMILES string of the molecule is O=C1CCCN1CC[C@@H]1CN(Cc2cccc3[nH]ccc23)Cc2ccnn21. The van der Waals surface area contributed by atoms with Crippen molar-refractivity contribution < 1.29 is 4.79 Å². The number of carbonyl (C=O) groups excluding carboxylic acids is 1. The fourth-order valence-electron chi connectivity index (χ4n) is 4.57. The first-order valence-corrected chi connectivity index (χ1v) is 9.85. The Kier molecular flexibility index (Phi) is 4.20. The molecule has 140 valence electrons. The molecule has 2 aromatic heterocycles. The first-order valence-electron chi connectivity index (χ1n) is 9.85. The summed E-state index contributed by atoms with van der Waals surface area (Å²) in [5, 5.41) is 5.87.